The highest BCUT2D eigenvalue weighted by Gasteiger charge is 2.48. The quantitative estimate of drug-likeness (QED) is 0.825. The molecule has 2 saturated heterocycles. The summed E-state index contributed by atoms with van der Waals surface area (Å²) in [5, 5.41) is 7.84. The Balaban J connectivity index is 1.56. The van der Waals surface area contributed by atoms with Crippen molar-refractivity contribution in [2.24, 2.45) is 0 Å². The molecule has 4 rings (SSSR count). The van der Waals surface area contributed by atoms with Crippen molar-refractivity contribution in [2.45, 2.75) is 12.0 Å². The summed E-state index contributed by atoms with van der Waals surface area (Å²) in [6.07, 6.45) is 0.896. The number of anilines is 1. The lowest BCUT2D eigenvalue weighted by molar-refractivity contribution is -0.123. The third kappa shape index (κ3) is 2.56. The van der Waals surface area contributed by atoms with Crippen molar-refractivity contribution in [3.63, 3.8) is 0 Å². The number of likely N-dealkylation sites (tertiary alicyclic amines) is 1. The van der Waals surface area contributed by atoms with Crippen LogP contribution in [0.15, 0.2) is 33.7 Å². The van der Waals surface area contributed by atoms with Gasteiger partial charge in [-0.3, -0.25) is 14.5 Å². The molecule has 0 unspecified atom stereocenters. The molecule has 0 aliphatic carbocycles. The first-order chi connectivity index (χ1) is 11.6. The van der Waals surface area contributed by atoms with E-state index in [1.165, 1.54) is 0 Å². The molecule has 24 heavy (non-hydrogen) atoms. The minimum atomic E-state index is -0.151. The zero-order valence-electron chi connectivity index (χ0n) is 13.5. The number of hydrogen-bond acceptors (Lipinski definition) is 5. The lowest BCUT2D eigenvalue weighted by Gasteiger charge is -2.46. The Morgan fingerprint density at radius 3 is 2.67 bits per heavy atom. The van der Waals surface area contributed by atoms with Crippen molar-refractivity contribution in [1.29, 1.82) is 0 Å². The van der Waals surface area contributed by atoms with Gasteiger partial charge in [0.15, 0.2) is 0 Å². The molecule has 2 aromatic heterocycles. The second-order valence-electron chi connectivity index (χ2n) is 6.53. The van der Waals surface area contributed by atoms with Gasteiger partial charge in [-0.2, -0.15) is 22.7 Å². The molecule has 4 heterocycles. The van der Waals surface area contributed by atoms with Crippen LogP contribution >= 0.6 is 22.7 Å². The van der Waals surface area contributed by atoms with E-state index >= 15 is 0 Å². The van der Waals surface area contributed by atoms with Gasteiger partial charge in [0, 0.05) is 30.4 Å². The van der Waals surface area contributed by atoms with Gasteiger partial charge in [0.25, 0.3) is 5.91 Å². The number of rotatable bonds is 2. The number of hydrogen-bond donors (Lipinski definition) is 0. The maximum absolute atomic E-state index is 12.7. The Labute approximate surface area is 149 Å². The molecule has 2 aliphatic rings. The Bertz CT molecular complexity index is 744. The highest BCUT2D eigenvalue weighted by Crippen LogP contribution is 2.34. The Morgan fingerprint density at radius 1 is 1.17 bits per heavy atom. The lowest BCUT2D eigenvalue weighted by Crippen LogP contribution is -2.64. The fourth-order valence-electron chi connectivity index (χ4n) is 3.64. The molecular formula is C17H19N3O2S2. The Kier molecular flexibility index (Phi) is 3.94. The average molecular weight is 361 g/mol. The Hall–Kier alpha value is -1.70. The van der Waals surface area contributed by atoms with Gasteiger partial charge in [0.05, 0.1) is 23.3 Å². The van der Waals surface area contributed by atoms with E-state index in [9.17, 15) is 9.59 Å². The molecule has 0 bridgehead atoms. The number of carbonyl (C=O) groups is 2. The molecule has 5 nitrogen and oxygen atoms in total. The monoisotopic (exact) mass is 361 g/mol. The van der Waals surface area contributed by atoms with Crippen LogP contribution in [0.25, 0.3) is 0 Å². The van der Waals surface area contributed by atoms with Gasteiger partial charge in [0.1, 0.15) is 0 Å². The van der Waals surface area contributed by atoms with Gasteiger partial charge >= 0.3 is 0 Å². The fraction of sp³-hybridized carbons (Fsp3) is 0.412. The number of carbonyl (C=O) groups excluding carboxylic acids is 2. The average Bonchev–Trinajstić information content (AvgIpc) is 3.32. The van der Waals surface area contributed by atoms with E-state index < -0.39 is 0 Å². The molecule has 2 fully saturated rings. The predicted octanol–water partition coefficient (Wildman–Crippen LogP) is 2.37. The molecule has 1 atom stereocenters. The number of likely N-dealkylation sites (N-methyl/N-ethyl adjacent to an activating group) is 1. The van der Waals surface area contributed by atoms with Crippen LogP contribution in [0.5, 0.6) is 0 Å². The first-order valence-corrected chi connectivity index (χ1v) is 9.83. The molecule has 0 aromatic carbocycles. The molecule has 2 amide bonds. The van der Waals surface area contributed by atoms with Crippen molar-refractivity contribution >= 4 is 40.2 Å². The van der Waals surface area contributed by atoms with Gasteiger partial charge in [-0.25, -0.2) is 0 Å². The summed E-state index contributed by atoms with van der Waals surface area (Å²) in [7, 11) is 2.00. The molecule has 7 heteroatoms. The summed E-state index contributed by atoms with van der Waals surface area (Å²) in [6.45, 7) is 2.46. The summed E-state index contributed by atoms with van der Waals surface area (Å²) < 4.78 is 0. The minimum absolute atomic E-state index is 0.0977. The van der Waals surface area contributed by atoms with Crippen molar-refractivity contribution in [2.75, 3.05) is 38.1 Å². The van der Waals surface area contributed by atoms with Crippen molar-refractivity contribution in [3.05, 3.63) is 39.2 Å². The first kappa shape index (κ1) is 15.8. The van der Waals surface area contributed by atoms with Crippen LogP contribution in [-0.2, 0) is 4.79 Å². The standard InChI is InChI=1S/C17H19N3O2S2/c1-18-8-15(21)20(14-3-7-24-10-14)12-17(18)4-5-19(11-17)16(22)13-2-6-23-9-13/h2-3,6-7,9-10H,4-5,8,11-12H2,1H3/t17-/m0/s1. The van der Waals surface area contributed by atoms with Gasteiger partial charge < -0.3 is 9.80 Å². The fourth-order valence-corrected chi connectivity index (χ4v) is 4.92. The van der Waals surface area contributed by atoms with Crippen molar-refractivity contribution in [1.82, 2.24) is 9.80 Å². The smallest absolute Gasteiger partial charge is 0.254 e. The van der Waals surface area contributed by atoms with Gasteiger partial charge in [-0.1, -0.05) is 0 Å². The van der Waals surface area contributed by atoms with E-state index in [4.69, 9.17) is 0 Å². The van der Waals surface area contributed by atoms with E-state index in [0.717, 1.165) is 24.2 Å². The number of amides is 2. The van der Waals surface area contributed by atoms with E-state index in [1.54, 1.807) is 22.7 Å². The van der Waals surface area contributed by atoms with Crippen LogP contribution in [0.4, 0.5) is 5.69 Å². The molecule has 0 N–H and O–H groups in total. The van der Waals surface area contributed by atoms with Crippen LogP contribution in [0.1, 0.15) is 16.8 Å². The van der Waals surface area contributed by atoms with Crippen LogP contribution in [0.3, 0.4) is 0 Å². The summed E-state index contributed by atoms with van der Waals surface area (Å²) in [5.74, 6) is 0.227. The largest absolute Gasteiger partial charge is 0.337 e. The van der Waals surface area contributed by atoms with E-state index in [1.807, 2.05) is 50.5 Å². The highest BCUT2D eigenvalue weighted by atomic mass is 32.1. The van der Waals surface area contributed by atoms with Crippen LogP contribution in [0, 0.1) is 0 Å². The molecular weight excluding hydrogens is 342 g/mol. The second-order valence-corrected chi connectivity index (χ2v) is 8.09. The van der Waals surface area contributed by atoms with E-state index in [-0.39, 0.29) is 17.4 Å². The zero-order chi connectivity index (χ0) is 16.7. The molecule has 0 radical (unpaired) electrons. The predicted molar refractivity (Wildman–Crippen MR) is 96.9 cm³/mol. The van der Waals surface area contributed by atoms with Crippen molar-refractivity contribution < 1.29 is 9.59 Å². The maximum Gasteiger partial charge on any atom is 0.254 e. The van der Waals surface area contributed by atoms with Gasteiger partial charge in [0.2, 0.25) is 5.91 Å². The number of thiophene rings is 2. The van der Waals surface area contributed by atoms with E-state index in [2.05, 4.69) is 4.90 Å². The minimum Gasteiger partial charge on any atom is -0.337 e. The molecule has 126 valence electrons. The van der Waals surface area contributed by atoms with Crippen LogP contribution < -0.4 is 4.90 Å². The Morgan fingerprint density at radius 2 is 1.96 bits per heavy atom. The SMILES string of the molecule is CN1CC(=O)N(c2ccsc2)C[C@@]12CCN(C(=O)c1ccsc1)C2. The third-order valence-corrected chi connectivity index (χ3v) is 6.50. The van der Waals surface area contributed by atoms with Gasteiger partial charge in [-0.15, -0.1) is 0 Å². The molecule has 2 aliphatic heterocycles. The topological polar surface area (TPSA) is 43.9 Å². The third-order valence-electron chi connectivity index (χ3n) is 5.14. The normalized spacial score (nSPS) is 25.0. The van der Waals surface area contributed by atoms with Crippen LogP contribution in [0.2, 0.25) is 0 Å². The molecule has 1 spiro atoms. The molecule has 0 saturated carbocycles. The summed E-state index contributed by atoms with van der Waals surface area (Å²) in [5.41, 5.74) is 1.59. The van der Waals surface area contributed by atoms with E-state index in [0.29, 0.717) is 19.6 Å². The summed E-state index contributed by atoms with van der Waals surface area (Å²) in [4.78, 5) is 31.1. The summed E-state index contributed by atoms with van der Waals surface area (Å²) >= 11 is 3.14. The molecule has 2 aromatic rings. The van der Waals surface area contributed by atoms with Crippen molar-refractivity contribution in [3.8, 4) is 0 Å². The highest BCUT2D eigenvalue weighted by molar-refractivity contribution is 7.08. The first-order valence-electron chi connectivity index (χ1n) is 7.94. The number of piperazine rings is 1. The number of nitrogens with zero attached hydrogens (tertiary/aromatic N) is 3. The summed E-state index contributed by atoms with van der Waals surface area (Å²) in [6, 6.07) is 3.87. The van der Waals surface area contributed by atoms with Crippen LogP contribution in [-0.4, -0.2) is 60.4 Å². The maximum atomic E-state index is 12.7. The zero-order valence-corrected chi connectivity index (χ0v) is 15.1. The van der Waals surface area contributed by atoms with Gasteiger partial charge in [-0.05, 0) is 36.4 Å². The lowest BCUT2D eigenvalue weighted by atomic mass is 9.93. The second kappa shape index (κ2) is 5.98.